The average Bonchev–Trinajstić information content (AvgIpc) is 3.13. The van der Waals surface area contributed by atoms with Crippen molar-refractivity contribution in [1.82, 2.24) is 0 Å². The van der Waals surface area contributed by atoms with Gasteiger partial charge in [0, 0.05) is 13.0 Å². The van der Waals surface area contributed by atoms with E-state index < -0.39 is 0 Å². The van der Waals surface area contributed by atoms with Gasteiger partial charge in [-0.05, 0) is 43.9 Å². The first-order valence-electron chi connectivity index (χ1n) is 8.64. The van der Waals surface area contributed by atoms with E-state index in [1.54, 1.807) is 7.11 Å². The molecule has 0 amide bonds. The molecular weight excluding hydrogens is 304 g/mol. The lowest BCUT2D eigenvalue weighted by atomic mass is 9.75. The molecule has 1 aromatic rings. The summed E-state index contributed by atoms with van der Waals surface area (Å²) in [5.41, 5.74) is 4.69. The number of ether oxygens (including phenoxy) is 2. The molecule has 2 heterocycles. The lowest BCUT2D eigenvalue weighted by molar-refractivity contribution is -0.118. The van der Waals surface area contributed by atoms with Crippen LogP contribution >= 0.6 is 0 Å². The van der Waals surface area contributed by atoms with Crippen LogP contribution in [0, 0.1) is 38.5 Å². The summed E-state index contributed by atoms with van der Waals surface area (Å²) in [5, 5.41) is 10.9. The summed E-state index contributed by atoms with van der Waals surface area (Å²) in [5.74, 6) is 0.116. The number of ketones is 1. The summed E-state index contributed by atoms with van der Waals surface area (Å²) in [6.45, 7) is 6.68. The third kappa shape index (κ3) is 2.02. The molecule has 2 saturated heterocycles. The highest BCUT2D eigenvalue weighted by atomic mass is 16.5. The number of Topliss-reactive ketones (excluding diaryl/α,β-unsaturated/α-hetero) is 1. The van der Waals surface area contributed by atoms with Crippen molar-refractivity contribution in [2.45, 2.75) is 39.4 Å². The molecule has 4 rings (SSSR count). The SMILES string of the molecule is COC[C@H]1CC2OC1[C@H]1C(O)=C(c3c(C)cc(C)cc3C)C(=O)[C@@H]21. The normalized spacial score (nSPS) is 34.3. The molecule has 2 bridgehead atoms. The monoisotopic (exact) mass is 328 g/mol. The Bertz CT molecular complexity index is 725. The van der Waals surface area contributed by atoms with E-state index in [1.807, 2.05) is 20.8 Å². The molecule has 2 aliphatic heterocycles. The Morgan fingerprint density at radius 3 is 2.50 bits per heavy atom. The number of fused-ring (bicyclic) bond motifs is 5. The van der Waals surface area contributed by atoms with E-state index in [9.17, 15) is 9.90 Å². The number of benzene rings is 1. The first-order valence-corrected chi connectivity index (χ1v) is 8.64. The lowest BCUT2D eigenvalue weighted by Gasteiger charge is -2.26. The number of aryl methyl sites for hydroxylation is 3. The minimum absolute atomic E-state index is 0.0518. The summed E-state index contributed by atoms with van der Waals surface area (Å²) >= 11 is 0. The minimum atomic E-state index is -0.224. The average molecular weight is 328 g/mol. The van der Waals surface area contributed by atoms with E-state index >= 15 is 0 Å². The summed E-state index contributed by atoms with van der Waals surface area (Å²) in [6, 6.07) is 4.14. The molecular formula is C20H24O4. The molecule has 2 unspecified atom stereocenters. The van der Waals surface area contributed by atoms with Gasteiger partial charge < -0.3 is 14.6 Å². The molecule has 5 atom stereocenters. The van der Waals surface area contributed by atoms with E-state index in [2.05, 4.69) is 12.1 Å². The second kappa shape index (κ2) is 5.43. The Labute approximate surface area is 142 Å². The molecule has 1 aliphatic carbocycles. The van der Waals surface area contributed by atoms with E-state index in [1.165, 1.54) is 5.56 Å². The van der Waals surface area contributed by atoms with Crippen LogP contribution in [0.2, 0.25) is 0 Å². The molecule has 0 aromatic heterocycles. The fourth-order valence-electron chi connectivity index (χ4n) is 5.17. The van der Waals surface area contributed by atoms with Gasteiger partial charge in [-0.25, -0.2) is 0 Å². The molecule has 3 aliphatic rings. The maximum atomic E-state index is 13.1. The fourth-order valence-corrected chi connectivity index (χ4v) is 5.17. The second-order valence-electron chi connectivity index (χ2n) is 7.54. The highest BCUT2D eigenvalue weighted by Gasteiger charge is 2.62. The van der Waals surface area contributed by atoms with Crippen molar-refractivity contribution in [2.75, 3.05) is 13.7 Å². The highest BCUT2D eigenvalue weighted by Crippen LogP contribution is 2.55. The maximum absolute atomic E-state index is 13.1. The zero-order valence-electron chi connectivity index (χ0n) is 14.6. The standard InChI is InChI=1S/C20H24O4/c1-9-5-10(2)14(11(3)6-9)16-18(21)15-13-7-12(8-23-4)20(24-13)17(15)19(16)22/h5-6,12-13,15,17,20,22H,7-8H2,1-4H3/t12-,13?,15+,17-,20?/m1/s1. The fraction of sp³-hybridized carbons (Fsp3) is 0.550. The number of hydrogen-bond donors (Lipinski definition) is 1. The van der Waals surface area contributed by atoms with Crippen LogP contribution < -0.4 is 0 Å². The molecule has 0 radical (unpaired) electrons. The van der Waals surface area contributed by atoms with Crippen LogP contribution in [0.1, 0.15) is 28.7 Å². The van der Waals surface area contributed by atoms with Gasteiger partial charge in [0.1, 0.15) is 5.76 Å². The molecule has 24 heavy (non-hydrogen) atoms. The number of allylic oxidation sites excluding steroid dienone is 1. The van der Waals surface area contributed by atoms with Crippen molar-refractivity contribution >= 4 is 11.4 Å². The molecule has 4 heteroatoms. The quantitative estimate of drug-likeness (QED) is 0.926. The Hall–Kier alpha value is -1.65. The highest BCUT2D eigenvalue weighted by molar-refractivity contribution is 6.26. The number of methoxy groups -OCH3 is 1. The molecule has 128 valence electrons. The van der Waals surface area contributed by atoms with Gasteiger partial charge in [0.05, 0.1) is 36.2 Å². The summed E-state index contributed by atoms with van der Waals surface area (Å²) in [6.07, 6.45) is 0.656. The zero-order valence-corrected chi connectivity index (χ0v) is 14.6. The largest absolute Gasteiger partial charge is 0.511 e. The summed E-state index contributed by atoms with van der Waals surface area (Å²) in [7, 11) is 1.68. The van der Waals surface area contributed by atoms with Crippen LogP contribution in [0.5, 0.6) is 0 Å². The molecule has 1 aromatic carbocycles. The topological polar surface area (TPSA) is 55.8 Å². The van der Waals surface area contributed by atoms with Gasteiger partial charge in [0.25, 0.3) is 0 Å². The first kappa shape index (κ1) is 15.9. The van der Waals surface area contributed by atoms with Crippen molar-refractivity contribution in [3.05, 3.63) is 40.1 Å². The van der Waals surface area contributed by atoms with E-state index in [4.69, 9.17) is 9.47 Å². The van der Waals surface area contributed by atoms with Gasteiger partial charge >= 0.3 is 0 Å². The summed E-state index contributed by atoms with van der Waals surface area (Å²) < 4.78 is 11.3. The van der Waals surface area contributed by atoms with E-state index in [-0.39, 0.29) is 41.5 Å². The lowest BCUT2D eigenvalue weighted by Crippen LogP contribution is -2.36. The van der Waals surface area contributed by atoms with Crippen molar-refractivity contribution in [3.8, 4) is 0 Å². The van der Waals surface area contributed by atoms with Crippen LogP contribution in [0.3, 0.4) is 0 Å². The minimum Gasteiger partial charge on any atom is -0.511 e. The Kier molecular flexibility index (Phi) is 3.59. The third-order valence-corrected chi connectivity index (χ3v) is 5.90. The van der Waals surface area contributed by atoms with Gasteiger partial charge in [-0.3, -0.25) is 4.79 Å². The van der Waals surface area contributed by atoms with Gasteiger partial charge in [0.15, 0.2) is 5.78 Å². The molecule has 0 spiro atoms. The number of hydrogen-bond acceptors (Lipinski definition) is 4. The van der Waals surface area contributed by atoms with Gasteiger partial charge in [-0.15, -0.1) is 0 Å². The molecule has 1 N–H and O–H groups in total. The van der Waals surface area contributed by atoms with Gasteiger partial charge in [0.2, 0.25) is 0 Å². The predicted octanol–water partition coefficient (Wildman–Crippen LogP) is 3.13. The Morgan fingerprint density at radius 1 is 1.21 bits per heavy atom. The predicted molar refractivity (Wildman–Crippen MR) is 90.8 cm³/mol. The van der Waals surface area contributed by atoms with Crippen molar-refractivity contribution in [1.29, 1.82) is 0 Å². The number of aliphatic hydroxyl groups is 1. The zero-order chi connectivity index (χ0) is 17.2. The number of aliphatic hydroxyl groups excluding tert-OH is 1. The van der Waals surface area contributed by atoms with Gasteiger partial charge in [-0.1, -0.05) is 17.7 Å². The van der Waals surface area contributed by atoms with Crippen molar-refractivity contribution < 1.29 is 19.4 Å². The molecule has 0 saturated carbocycles. The smallest absolute Gasteiger partial charge is 0.173 e. The number of carbonyl (C=O) groups excluding carboxylic acids is 1. The Morgan fingerprint density at radius 2 is 1.88 bits per heavy atom. The van der Waals surface area contributed by atoms with E-state index in [0.29, 0.717) is 12.2 Å². The van der Waals surface area contributed by atoms with Crippen molar-refractivity contribution in [3.63, 3.8) is 0 Å². The molecule has 2 fully saturated rings. The summed E-state index contributed by atoms with van der Waals surface area (Å²) in [4.78, 5) is 13.1. The first-order chi connectivity index (χ1) is 11.4. The third-order valence-electron chi connectivity index (χ3n) is 5.90. The van der Waals surface area contributed by atoms with Crippen LogP contribution in [0.4, 0.5) is 0 Å². The van der Waals surface area contributed by atoms with Crippen molar-refractivity contribution in [2.24, 2.45) is 17.8 Å². The molecule has 4 nitrogen and oxygen atoms in total. The van der Waals surface area contributed by atoms with E-state index in [0.717, 1.165) is 23.1 Å². The second-order valence-corrected chi connectivity index (χ2v) is 7.54. The number of rotatable bonds is 3. The Balaban J connectivity index is 1.79. The van der Waals surface area contributed by atoms with Crippen LogP contribution in [0.25, 0.3) is 5.57 Å². The maximum Gasteiger partial charge on any atom is 0.173 e. The van der Waals surface area contributed by atoms with Crippen LogP contribution in [-0.4, -0.2) is 36.8 Å². The van der Waals surface area contributed by atoms with Crippen LogP contribution in [0.15, 0.2) is 17.9 Å². The number of carbonyl (C=O) groups is 1. The van der Waals surface area contributed by atoms with Crippen LogP contribution in [-0.2, 0) is 14.3 Å². The van der Waals surface area contributed by atoms with Gasteiger partial charge in [-0.2, -0.15) is 0 Å².